The molecule has 0 radical (unpaired) electrons. The lowest BCUT2D eigenvalue weighted by molar-refractivity contribution is -0.141. The van der Waals surface area contributed by atoms with E-state index in [1.165, 1.54) is 10.7 Å². The van der Waals surface area contributed by atoms with E-state index in [1.807, 2.05) is 13.8 Å². The van der Waals surface area contributed by atoms with Crippen molar-refractivity contribution in [2.75, 3.05) is 39.3 Å². The highest BCUT2D eigenvalue weighted by atomic mass is 19.4. The fourth-order valence-electron chi connectivity index (χ4n) is 4.42. The lowest BCUT2D eigenvalue weighted by Gasteiger charge is -2.37. The number of nitrogens with zero attached hydrogens (tertiary/aromatic N) is 6. The molecule has 202 valence electrons. The van der Waals surface area contributed by atoms with E-state index < -0.39 is 17.7 Å². The highest BCUT2D eigenvalue weighted by Crippen LogP contribution is 2.27. The first-order valence-corrected chi connectivity index (χ1v) is 12.4. The molecule has 3 amide bonds. The van der Waals surface area contributed by atoms with Crippen molar-refractivity contribution in [3.05, 3.63) is 59.5 Å². The van der Waals surface area contributed by atoms with Crippen LogP contribution in [0.3, 0.4) is 0 Å². The number of Topliss-reactive ketones (excluding diaryl/α,β-unsaturated/α-hetero) is 1. The van der Waals surface area contributed by atoms with E-state index in [0.29, 0.717) is 55.7 Å². The second kappa shape index (κ2) is 11.2. The van der Waals surface area contributed by atoms with E-state index in [0.717, 1.165) is 12.1 Å². The predicted molar refractivity (Wildman–Crippen MR) is 133 cm³/mol. The second-order valence-corrected chi connectivity index (χ2v) is 9.05. The van der Waals surface area contributed by atoms with Crippen molar-refractivity contribution in [1.29, 1.82) is 0 Å². The van der Waals surface area contributed by atoms with Gasteiger partial charge in [-0.05, 0) is 43.7 Å². The number of pyridine rings is 1. The summed E-state index contributed by atoms with van der Waals surface area (Å²) in [5, 5.41) is 5.13. The molecular weight excluding hydrogens is 501 g/mol. The van der Waals surface area contributed by atoms with Gasteiger partial charge < -0.3 is 14.7 Å². The number of ketones is 1. The minimum absolute atomic E-state index is 0.0152. The Kier molecular flexibility index (Phi) is 7.98. The van der Waals surface area contributed by atoms with Crippen LogP contribution in [0, 0.1) is 0 Å². The van der Waals surface area contributed by atoms with Gasteiger partial charge in [0.25, 0.3) is 0 Å². The first-order valence-electron chi connectivity index (χ1n) is 12.4. The molecule has 0 bridgehead atoms. The van der Waals surface area contributed by atoms with E-state index in [-0.39, 0.29) is 30.6 Å². The lowest BCUT2D eigenvalue weighted by Crippen LogP contribution is -2.54. The molecule has 3 aromatic rings. The molecule has 1 aliphatic rings. The minimum Gasteiger partial charge on any atom is -0.338 e. The van der Waals surface area contributed by atoms with Crippen LogP contribution in [0.15, 0.2) is 42.6 Å². The second-order valence-electron chi connectivity index (χ2n) is 9.05. The number of alkyl halides is 3. The summed E-state index contributed by atoms with van der Waals surface area (Å²) in [6.45, 7) is 7.01. The molecule has 0 N–H and O–H groups in total. The highest BCUT2D eigenvalue weighted by Gasteiger charge is 2.33. The molecule has 1 saturated heterocycles. The van der Waals surface area contributed by atoms with Gasteiger partial charge in [0, 0.05) is 57.3 Å². The summed E-state index contributed by atoms with van der Waals surface area (Å²) in [5.74, 6) is -0.643. The Morgan fingerprint density at radius 1 is 0.974 bits per heavy atom. The van der Waals surface area contributed by atoms with Crippen molar-refractivity contribution in [3.63, 3.8) is 0 Å². The average molecular weight is 531 g/mol. The lowest BCUT2D eigenvalue weighted by atomic mass is 10.0. The molecule has 1 aliphatic heterocycles. The summed E-state index contributed by atoms with van der Waals surface area (Å²) >= 11 is 0. The van der Waals surface area contributed by atoms with Crippen LogP contribution in [-0.4, -0.2) is 86.5 Å². The van der Waals surface area contributed by atoms with E-state index in [4.69, 9.17) is 0 Å². The Labute approximate surface area is 217 Å². The molecule has 0 unspecified atom stereocenters. The zero-order valence-corrected chi connectivity index (χ0v) is 21.2. The molecular formula is C26H29F3N6O3. The predicted octanol–water partition coefficient (Wildman–Crippen LogP) is 3.48. The van der Waals surface area contributed by atoms with E-state index in [9.17, 15) is 27.6 Å². The summed E-state index contributed by atoms with van der Waals surface area (Å²) in [5.41, 5.74) is -0.135. The van der Waals surface area contributed by atoms with Crippen LogP contribution >= 0.6 is 0 Å². The Morgan fingerprint density at radius 3 is 2.32 bits per heavy atom. The maximum absolute atomic E-state index is 12.9. The zero-order valence-electron chi connectivity index (χ0n) is 21.2. The van der Waals surface area contributed by atoms with Crippen molar-refractivity contribution in [2.24, 2.45) is 0 Å². The van der Waals surface area contributed by atoms with Crippen molar-refractivity contribution in [3.8, 4) is 0 Å². The maximum Gasteiger partial charge on any atom is 0.433 e. The molecule has 0 atom stereocenters. The number of carbonyl (C=O) groups is 3. The maximum atomic E-state index is 12.9. The third-order valence-electron chi connectivity index (χ3n) is 6.54. The quantitative estimate of drug-likeness (QED) is 0.437. The summed E-state index contributed by atoms with van der Waals surface area (Å²) in [4.78, 5) is 46.6. The van der Waals surface area contributed by atoms with Gasteiger partial charge in [-0.2, -0.15) is 18.3 Å². The summed E-state index contributed by atoms with van der Waals surface area (Å²) in [7, 11) is 0. The smallest absolute Gasteiger partial charge is 0.338 e. The van der Waals surface area contributed by atoms with Gasteiger partial charge in [-0.3, -0.25) is 14.3 Å². The number of fused-ring (bicyclic) bond motifs is 1. The number of piperazine rings is 1. The fraction of sp³-hybridized carbons (Fsp3) is 0.423. The molecule has 1 aromatic carbocycles. The van der Waals surface area contributed by atoms with Crippen LogP contribution in [0.1, 0.15) is 35.6 Å². The summed E-state index contributed by atoms with van der Waals surface area (Å²) < 4.78 is 40.3. The van der Waals surface area contributed by atoms with Crippen LogP contribution < -0.4 is 0 Å². The topological polar surface area (TPSA) is 91.6 Å². The molecule has 12 heteroatoms. The number of halogens is 3. The summed E-state index contributed by atoms with van der Waals surface area (Å²) in [6.07, 6.45) is -3.05. The van der Waals surface area contributed by atoms with Gasteiger partial charge in [0.15, 0.2) is 5.78 Å². The molecule has 3 heterocycles. The Bertz CT molecular complexity index is 1330. The van der Waals surface area contributed by atoms with Crippen molar-refractivity contribution < 1.29 is 27.6 Å². The zero-order chi connectivity index (χ0) is 27.4. The number of hydrogen-bond donors (Lipinski definition) is 0. The average Bonchev–Trinajstić information content (AvgIpc) is 3.30. The van der Waals surface area contributed by atoms with Gasteiger partial charge in [-0.1, -0.05) is 12.1 Å². The van der Waals surface area contributed by atoms with Gasteiger partial charge >= 0.3 is 12.2 Å². The molecule has 1 fully saturated rings. The third-order valence-corrected chi connectivity index (χ3v) is 6.54. The highest BCUT2D eigenvalue weighted by molar-refractivity contribution is 5.96. The van der Waals surface area contributed by atoms with Gasteiger partial charge in [0.1, 0.15) is 17.9 Å². The third kappa shape index (κ3) is 6.12. The van der Waals surface area contributed by atoms with Gasteiger partial charge in [0.2, 0.25) is 5.91 Å². The molecule has 0 spiro atoms. The number of benzene rings is 1. The molecule has 0 aliphatic carbocycles. The minimum atomic E-state index is -4.63. The van der Waals surface area contributed by atoms with Gasteiger partial charge in [-0.15, -0.1) is 0 Å². The normalized spacial score (nSPS) is 14.1. The van der Waals surface area contributed by atoms with Crippen molar-refractivity contribution in [1.82, 2.24) is 29.5 Å². The Morgan fingerprint density at radius 2 is 1.66 bits per heavy atom. The monoisotopic (exact) mass is 530 g/mol. The van der Waals surface area contributed by atoms with Gasteiger partial charge in [-0.25, -0.2) is 9.78 Å². The fourth-order valence-corrected chi connectivity index (χ4v) is 4.42. The van der Waals surface area contributed by atoms with Crippen molar-refractivity contribution >= 4 is 28.6 Å². The van der Waals surface area contributed by atoms with E-state index in [1.54, 1.807) is 39.1 Å². The van der Waals surface area contributed by atoms with Crippen LogP contribution in [0.25, 0.3) is 10.9 Å². The van der Waals surface area contributed by atoms with Crippen LogP contribution in [-0.2, 0) is 23.9 Å². The van der Waals surface area contributed by atoms with Gasteiger partial charge in [0.05, 0.1) is 5.52 Å². The number of rotatable bonds is 7. The van der Waals surface area contributed by atoms with Crippen LogP contribution in [0.4, 0.5) is 18.0 Å². The number of aromatic nitrogens is 3. The number of amides is 3. The number of hydrogen-bond acceptors (Lipinski definition) is 5. The largest absolute Gasteiger partial charge is 0.433 e. The Balaban J connectivity index is 1.37. The molecule has 4 rings (SSSR count). The van der Waals surface area contributed by atoms with Crippen LogP contribution in [0.2, 0.25) is 0 Å². The number of urea groups is 1. The van der Waals surface area contributed by atoms with E-state index in [2.05, 4.69) is 10.1 Å². The first kappa shape index (κ1) is 27.1. The Hall–Kier alpha value is -3.96. The molecule has 0 saturated carbocycles. The first-order chi connectivity index (χ1) is 18.1. The summed E-state index contributed by atoms with van der Waals surface area (Å²) in [6, 6.07) is 8.35. The molecule has 38 heavy (non-hydrogen) atoms. The standard InChI is InChI=1S/C26H29F3N6O3/c1-3-32(4-2)25(38)34-12-10-33(11-13-34)24(37)17-35-16-19-14-18(8-9-20(19)31-35)15-22(36)21-6-5-7-23(30-21)26(27,28)29/h5-9,14,16H,3-4,10-13,15,17H2,1-2H3. The number of carbonyl (C=O) groups excluding carboxylic acids is 3. The van der Waals surface area contributed by atoms with E-state index >= 15 is 0 Å². The SMILES string of the molecule is CCN(CC)C(=O)N1CCN(C(=O)Cn2cc3cc(CC(=O)c4cccc(C(F)(F)F)n4)ccc3n2)CC1. The molecule has 9 nitrogen and oxygen atoms in total. The van der Waals surface area contributed by atoms with Crippen LogP contribution in [0.5, 0.6) is 0 Å². The molecule has 2 aromatic heterocycles. The van der Waals surface area contributed by atoms with Crippen molar-refractivity contribution in [2.45, 2.75) is 33.0 Å².